The van der Waals surface area contributed by atoms with E-state index < -0.39 is 5.41 Å². The van der Waals surface area contributed by atoms with Crippen molar-refractivity contribution in [3.63, 3.8) is 0 Å². The standard InChI is InChI=1S/C14H17NO2/c1-14(2,13(16)17-3)8-10-9-15-12-7-5-4-6-11(10)12/h4-7,9,15H,8H2,1-3H3. The lowest BCUT2D eigenvalue weighted by Gasteiger charge is -2.20. The zero-order chi connectivity index (χ0) is 12.5. The topological polar surface area (TPSA) is 42.1 Å². The van der Waals surface area contributed by atoms with Crippen molar-refractivity contribution in [1.82, 2.24) is 4.98 Å². The molecule has 0 aliphatic heterocycles. The van der Waals surface area contributed by atoms with Crippen molar-refractivity contribution in [1.29, 1.82) is 0 Å². The predicted molar refractivity (Wildman–Crippen MR) is 67.8 cm³/mol. The first-order valence-electron chi connectivity index (χ1n) is 5.68. The highest BCUT2D eigenvalue weighted by molar-refractivity contribution is 5.84. The number of benzene rings is 1. The van der Waals surface area contributed by atoms with Gasteiger partial charge in [0.1, 0.15) is 0 Å². The van der Waals surface area contributed by atoms with Gasteiger partial charge in [-0.05, 0) is 31.9 Å². The molecule has 1 aromatic carbocycles. The van der Waals surface area contributed by atoms with Gasteiger partial charge in [0, 0.05) is 17.1 Å². The van der Waals surface area contributed by atoms with Gasteiger partial charge in [0.25, 0.3) is 0 Å². The summed E-state index contributed by atoms with van der Waals surface area (Å²) in [5.74, 6) is -0.178. The second-order valence-corrected chi connectivity index (χ2v) is 4.91. The van der Waals surface area contributed by atoms with Crippen LogP contribution in [-0.2, 0) is 16.0 Å². The van der Waals surface area contributed by atoms with Crippen LogP contribution >= 0.6 is 0 Å². The first kappa shape index (κ1) is 11.7. The Kier molecular flexibility index (Phi) is 2.92. The van der Waals surface area contributed by atoms with Gasteiger partial charge in [-0.25, -0.2) is 0 Å². The Bertz CT molecular complexity index is 540. The summed E-state index contributed by atoms with van der Waals surface area (Å²) in [4.78, 5) is 14.9. The van der Waals surface area contributed by atoms with E-state index in [0.717, 1.165) is 11.1 Å². The van der Waals surface area contributed by atoms with Crippen LogP contribution in [0.2, 0.25) is 0 Å². The van der Waals surface area contributed by atoms with Gasteiger partial charge < -0.3 is 9.72 Å². The highest BCUT2D eigenvalue weighted by atomic mass is 16.5. The molecule has 0 spiro atoms. The molecule has 3 nitrogen and oxygen atoms in total. The van der Waals surface area contributed by atoms with Crippen molar-refractivity contribution < 1.29 is 9.53 Å². The number of fused-ring (bicyclic) bond motifs is 1. The van der Waals surface area contributed by atoms with Gasteiger partial charge in [-0.3, -0.25) is 4.79 Å². The lowest BCUT2D eigenvalue weighted by Crippen LogP contribution is -2.27. The number of methoxy groups -OCH3 is 1. The number of esters is 1. The van der Waals surface area contributed by atoms with Crippen molar-refractivity contribution in [3.05, 3.63) is 36.0 Å². The molecular weight excluding hydrogens is 214 g/mol. The van der Waals surface area contributed by atoms with Gasteiger partial charge in [0.05, 0.1) is 12.5 Å². The van der Waals surface area contributed by atoms with E-state index in [9.17, 15) is 4.79 Å². The van der Waals surface area contributed by atoms with Gasteiger partial charge in [-0.2, -0.15) is 0 Å². The van der Waals surface area contributed by atoms with E-state index in [1.165, 1.54) is 12.5 Å². The second-order valence-electron chi connectivity index (χ2n) is 4.91. The zero-order valence-corrected chi connectivity index (χ0v) is 10.4. The van der Waals surface area contributed by atoms with E-state index in [-0.39, 0.29) is 5.97 Å². The number of hydrogen-bond donors (Lipinski definition) is 1. The van der Waals surface area contributed by atoms with Crippen molar-refractivity contribution in [2.75, 3.05) is 7.11 Å². The van der Waals surface area contributed by atoms with Crippen LogP contribution in [0.5, 0.6) is 0 Å². The molecule has 1 N–H and O–H groups in total. The number of aromatic nitrogens is 1. The van der Waals surface area contributed by atoms with E-state index in [1.54, 1.807) is 0 Å². The molecule has 1 heterocycles. The highest BCUT2D eigenvalue weighted by Crippen LogP contribution is 2.27. The zero-order valence-electron chi connectivity index (χ0n) is 10.4. The molecule has 17 heavy (non-hydrogen) atoms. The fourth-order valence-electron chi connectivity index (χ4n) is 2.10. The molecular formula is C14H17NO2. The van der Waals surface area contributed by atoms with Crippen molar-refractivity contribution in [2.24, 2.45) is 5.41 Å². The van der Waals surface area contributed by atoms with E-state index in [2.05, 4.69) is 11.1 Å². The average molecular weight is 231 g/mol. The minimum Gasteiger partial charge on any atom is -0.469 e. The summed E-state index contributed by atoms with van der Waals surface area (Å²) in [6.45, 7) is 3.81. The molecule has 0 saturated heterocycles. The second kappa shape index (κ2) is 4.24. The molecule has 0 bridgehead atoms. The van der Waals surface area contributed by atoms with Gasteiger partial charge in [0.15, 0.2) is 0 Å². The van der Waals surface area contributed by atoms with Gasteiger partial charge in [-0.1, -0.05) is 18.2 Å². The Hall–Kier alpha value is -1.77. The third kappa shape index (κ3) is 2.18. The van der Waals surface area contributed by atoms with Crippen LogP contribution in [0, 0.1) is 5.41 Å². The van der Waals surface area contributed by atoms with Crippen LogP contribution in [-0.4, -0.2) is 18.1 Å². The third-order valence-corrected chi connectivity index (χ3v) is 3.05. The molecule has 0 amide bonds. The van der Waals surface area contributed by atoms with E-state index in [1.807, 2.05) is 38.2 Å². The maximum Gasteiger partial charge on any atom is 0.311 e. The van der Waals surface area contributed by atoms with Crippen molar-refractivity contribution >= 4 is 16.9 Å². The number of carbonyl (C=O) groups excluding carboxylic acids is 1. The molecule has 0 fully saturated rings. The van der Waals surface area contributed by atoms with Crippen LogP contribution in [0.3, 0.4) is 0 Å². The van der Waals surface area contributed by atoms with Crippen LogP contribution in [0.4, 0.5) is 0 Å². The molecule has 0 radical (unpaired) electrons. The summed E-state index contributed by atoms with van der Waals surface area (Å²) >= 11 is 0. The van der Waals surface area contributed by atoms with Gasteiger partial charge in [0.2, 0.25) is 0 Å². The predicted octanol–water partition coefficient (Wildman–Crippen LogP) is 2.91. The molecule has 90 valence electrons. The fourth-order valence-corrected chi connectivity index (χ4v) is 2.10. The first-order valence-corrected chi connectivity index (χ1v) is 5.68. The van der Waals surface area contributed by atoms with E-state index >= 15 is 0 Å². The lowest BCUT2D eigenvalue weighted by atomic mass is 9.86. The monoisotopic (exact) mass is 231 g/mol. The quantitative estimate of drug-likeness (QED) is 0.825. The number of ether oxygens (including phenoxy) is 1. The maximum atomic E-state index is 11.7. The van der Waals surface area contributed by atoms with Gasteiger partial charge in [-0.15, -0.1) is 0 Å². The number of hydrogen-bond acceptors (Lipinski definition) is 2. The summed E-state index contributed by atoms with van der Waals surface area (Å²) in [6, 6.07) is 8.09. The Morgan fingerprint density at radius 3 is 2.76 bits per heavy atom. The third-order valence-electron chi connectivity index (χ3n) is 3.05. The molecule has 2 rings (SSSR count). The van der Waals surface area contributed by atoms with Crippen LogP contribution in [0.1, 0.15) is 19.4 Å². The van der Waals surface area contributed by atoms with Gasteiger partial charge >= 0.3 is 5.97 Å². The number of rotatable bonds is 3. The average Bonchev–Trinajstić information content (AvgIpc) is 2.71. The van der Waals surface area contributed by atoms with Crippen molar-refractivity contribution in [2.45, 2.75) is 20.3 Å². The lowest BCUT2D eigenvalue weighted by molar-refractivity contribution is -0.150. The smallest absolute Gasteiger partial charge is 0.311 e. The first-order chi connectivity index (χ1) is 8.04. The minimum atomic E-state index is -0.500. The van der Waals surface area contributed by atoms with E-state index in [4.69, 9.17) is 4.74 Å². The Balaban J connectivity index is 2.33. The molecule has 2 aromatic rings. The molecule has 3 heteroatoms. The fraction of sp³-hybridized carbons (Fsp3) is 0.357. The molecule has 0 unspecified atom stereocenters. The number of aromatic amines is 1. The van der Waals surface area contributed by atoms with Crippen LogP contribution in [0.25, 0.3) is 10.9 Å². The normalized spacial score (nSPS) is 11.7. The molecule has 0 atom stereocenters. The van der Waals surface area contributed by atoms with Crippen molar-refractivity contribution in [3.8, 4) is 0 Å². The molecule has 0 saturated carbocycles. The SMILES string of the molecule is COC(=O)C(C)(C)Cc1c[nH]c2ccccc12. The number of H-pyrrole nitrogens is 1. The Morgan fingerprint density at radius 2 is 2.06 bits per heavy atom. The maximum absolute atomic E-state index is 11.7. The number of nitrogens with one attached hydrogen (secondary N) is 1. The summed E-state index contributed by atoms with van der Waals surface area (Å²) in [5.41, 5.74) is 1.75. The molecule has 0 aliphatic rings. The van der Waals surface area contributed by atoms with Crippen LogP contribution in [0.15, 0.2) is 30.5 Å². The highest BCUT2D eigenvalue weighted by Gasteiger charge is 2.29. The van der Waals surface area contributed by atoms with E-state index in [0.29, 0.717) is 6.42 Å². The largest absolute Gasteiger partial charge is 0.469 e. The Labute approximate surface area is 101 Å². The van der Waals surface area contributed by atoms with Crippen LogP contribution < -0.4 is 0 Å². The molecule has 0 aliphatic carbocycles. The summed E-state index contributed by atoms with van der Waals surface area (Å²) in [7, 11) is 1.43. The summed E-state index contributed by atoms with van der Waals surface area (Å²) in [6.07, 6.45) is 2.64. The summed E-state index contributed by atoms with van der Waals surface area (Å²) < 4.78 is 4.83. The minimum absolute atomic E-state index is 0.178. The Morgan fingerprint density at radius 1 is 1.35 bits per heavy atom. The molecule has 1 aromatic heterocycles. The number of carbonyl (C=O) groups is 1. The summed E-state index contributed by atoms with van der Waals surface area (Å²) in [5, 5.41) is 1.17. The number of para-hydroxylation sites is 1.